The maximum absolute atomic E-state index is 12.8. The molecule has 1 aliphatic heterocycles. The van der Waals surface area contributed by atoms with Crippen molar-refractivity contribution in [3.05, 3.63) is 56.7 Å². The molecule has 1 aliphatic rings. The molecule has 1 aromatic carbocycles. The highest BCUT2D eigenvalue weighted by Gasteiger charge is 2.38. The first-order chi connectivity index (χ1) is 10.9. The minimum atomic E-state index is -0.450. The molecule has 0 aliphatic carbocycles. The monoisotopic (exact) mass is 390 g/mol. The summed E-state index contributed by atoms with van der Waals surface area (Å²) in [5.41, 5.74) is 1.58. The van der Waals surface area contributed by atoms with Crippen molar-refractivity contribution < 1.29 is 4.79 Å². The van der Waals surface area contributed by atoms with E-state index in [2.05, 4.69) is 27.1 Å². The van der Waals surface area contributed by atoms with Crippen molar-refractivity contribution in [3.8, 4) is 0 Å². The number of benzene rings is 1. The summed E-state index contributed by atoms with van der Waals surface area (Å²) in [5.74, 6) is 0.0583. The highest BCUT2D eigenvalue weighted by molar-refractivity contribution is 9.10. The Morgan fingerprint density at radius 1 is 1.26 bits per heavy atom. The van der Waals surface area contributed by atoms with Crippen molar-refractivity contribution in [2.45, 2.75) is 33.2 Å². The van der Waals surface area contributed by atoms with Gasteiger partial charge in [-0.3, -0.25) is 4.79 Å². The van der Waals surface area contributed by atoms with Crippen LogP contribution in [0.4, 0.5) is 0 Å². The number of hydrogen-bond donors (Lipinski definition) is 0. The van der Waals surface area contributed by atoms with E-state index >= 15 is 0 Å². The summed E-state index contributed by atoms with van der Waals surface area (Å²) in [4.78, 5) is 14.0. The molecule has 1 atom stereocenters. The molecule has 0 saturated heterocycles. The molecule has 0 fully saturated rings. The lowest BCUT2D eigenvalue weighted by atomic mass is 9.94. The first-order valence-corrected chi connectivity index (χ1v) is 9.24. The molecular formula is C18H19BrN2OS. The Balaban J connectivity index is 1.97. The summed E-state index contributed by atoms with van der Waals surface area (Å²) in [5, 5.41) is 8.42. The predicted molar refractivity (Wildman–Crippen MR) is 98.7 cm³/mol. The molecule has 0 spiro atoms. The molecule has 0 unspecified atom stereocenters. The SMILES string of the molecule is CC(C)(C)C(=O)N1N=C(c2ccc(Br)cc2)C[C@H]1c1cccs1. The fraction of sp³-hybridized carbons (Fsp3) is 0.333. The van der Waals surface area contributed by atoms with Crippen molar-refractivity contribution in [1.82, 2.24) is 5.01 Å². The molecule has 120 valence electrons. The fourth-order valence-corrected chi connectivity index (χ4v) is 3.64. The van der Waals surface area contributed by atoms with Crippen LogP contribution in [0.5, 0.6) is 0 Å². The van der Waals surface area contributed by atoms with Crippen LogP contribution in [0, 0.1) is 5.41 Å². The van der Waals surface area contributed by atoms with E-state index in [0.29, 0.717) is 0 Å². The highest BCUT2D eigenvalue weighted by atomic mass is 79.9. The molecule has 3 rings (SSSR count). The fourth-order valence-electron chi connectivity index (χ4n) is 2.56. The Morgan fingerprint density at radius 3 is 2.52 bits per heavy atom. The average molecular weight is 391 g/mol. The minimum Gasteiger partial charge on any atom is -0.272 e. The zero-order valence-corrected chi connectivity index (χ0v) is 15.8. The molecule has 0 N–H and O–H groups in total. The van der Waals surface area contributed by atoms with E-state index in [0.717, 1.165) is 22.2 Å². The number of nitrogens with zero attached hydrogens (tertiary/aromatic N) is 2. The topological polar surface area (TPSA) is 32.7 Å². The molecule has 3 nitrogen and oxygen atoms in total. The van der Waals surface area contributed by atoms with Gasteiger partial charge in [-0.15, -0.1) is 11.3 Å². The number of carbonyl (C=O) groups is 1. The van der Waals surface area contributed by atoms with Gasteiger partial charge in [0.25, 0.3) is 0 Å². The van der Waals surface area contributed by atoms with E-state index in [-0.39, 0.29) is 11.9 Å². The molecule has 0 saturated carbocycles. The smallest absolute Gasteiger partial charge is 0.248 e. The first kappa shape index (κ1) is 16.4. The van der Waals surface area contributed by atoms with Crippen LogP contribution in [0.25, 0.3) is 0 Å². The Morgan fingerprint density at radius 2 is 1.96 bits per heavy atom. The second kappa shape index (κ2) is 6.21. The molecule has 2 heterocycles. The van der Waals surface area contributed by atoms with E-state index in [9.17, 15) is 4.79 Å². The molecule has 0 bridgehead atoms. The van der Waals surface area contributed by atoms with E-state index < -0.39 is 5.41 Å². The summed E-state index contributed by atoms with van der Waals surface area (Å²) in [6.07, 6.45) is 0.754. The van der Waals surface area contributed by atoms with Gasteiger partial charge in [-0.2, -0.15) is 5.10 Å². The van der Waals surface area contributed by atoms with Gasteiger partial charge in [0.2, 0.25) is 5.91 Å². The van der Waals surface area contributed by atoms with Crippen molar-refractivity contribution in [2.75, 3.05) is 0 Å². The lowest BCUT2D eigenvalue weighted by molar-refractivity contribution is -0.141. The maximum Gasteiger partial charge on any atom is 0.248 e. The van der Waals surface area contributed by atoms with Crippen LogP contribution in [0.2, 0.25) is 0 Å². The van der Waals surface area contributed by atoms with E-state index in [4.69, 9.17) is 0 Å². The normalized spacial score (nSPS) is 18.2. The lowest BCUT2D eigenvalue weighted by Gasteiger charge is -2.27. The van der Waals surface area contributed by atoms with E-state index in [1.165, 1.54) is 4.88 Å². The lowest BCUT2D eigenvalue weighted by Crippen LogP contribution is -2.36. The minimum absolute atomic E-state index is 0.000344. The standard InChI is InChI=1S/C18H19BrN2OS/c1-18(2,3)17(22)21-15(16-5-4-10-23-16)11-14(20-21)12-6-8-13(19)9-7-12/h4-10,15H,11H2,1-3H3/t15-/m0/s1. The Bertz CT molecular complexity index is 729. The number of amides is 1. The summed E-state index contributed by atoms with van der Waals surface area (Å²) in [7, 11) is 0. The van der Waals surface area contributed by atoms with Gasteiger partial charge in [0.15, 0.2) is 0 Å². The van der Waals surface area contributed by atoms with Gasteiger partial charge < -0.3 is 0 Å². The predicted octanol–water partition coefficient (Wildman–Crippen LogP) is 5.23. The largest absolute Gasteiger partial charge is 0.272 e. The second-order valence-corrected chi connectivity index (χ2v) is 8.58. The summed E-state index contributed by atoms with van der Waals surface area (Å²) < 4.78 is 1.04. The van der Waals surface area contributed by atoms with Crippen LogP contribution in [0.3, 0.4) is 0 Å². The third-order valence-electron chi connectivity index (χ3n) is 3.81. The zero-order chi connectivity index (χ0) is 16.6. The Kier molecular flexibility index (Phi) is 4.43. The average Bonchev–Trinajstić information content (AvgIpc) is 3.15. The first-order valence-electron chi connectivity index (χ1n) is 7.57. The van der Waals surface area contributed by atoms with Gasteiger partial charge in [0.05, 0.1) is 11.8 Å². The van der Waals surface area contributed by atoms with Crippen LogP contribution >= 0.6 is 27.3 Å². The third kappa shape index (κ3) is 3.40. The number of hydrogen-bond acceptors (Lipinski definition) is 3. The van der Waals surface area contributed by atoms with Gasteiger partial charge in [-0.05, 0) is 29.1 Å². The third-order valence-corrected chi connectivity index (χ3v) is 5.31. The van der Waals surface area contributed by atoms with Crippen LogP contribution in [-0.2, 0) is 4.79 Å². The van der Waals surface area contributed by atoms with Gasteiger partial charge in [0.1, 0.15) is 0 Å². The Labute approximate surface area is 149 Å². The number of rotatable bonds is 2. The van der Waals surface area contributed by atoms with Crippen molar-refractivity contribution in [3.63, 3.8) is 0 Å². The van der Waals surface area contributed by atoms with Crippen molar-refractivity contribution >= 4 is 38.9 Å². The van der Waals surface area contributed by atoms with Crippen molar-refractivity contribution in [1.29, 1.82) is 0 Å². The van der Waals surface area contributed by atoms with Gasteiger partial charge in [-0.1, -0.05) is 54.9 Å². The molecule has 1 amide bonds. The molecule has 5 heteroatoms. The van der Waals surface area contributed by atoms with Crippen molar-refractivity contribution in [2.24, 2.45) is 10.5 Å². The Hall–Kier alpha value is -1.46. The molecule has 0 radical (unpaired) electrons. The zero-order valence-electron chi connectivity index (χ0n) is 13.4. The molecule has 2 aromatic rings. The van der Waals surface area contributed by atoms with Gasteiger partial charge >= 0.3 is 0 Å². The molecule has 23 heavy (non-hydrogen) atoms. The van der Waals surface area contributed by atoms with E-state index in [1.54, 1.807) is 16.3 Å². The van der Waals surface area contributed by atoms with Crippen LogP contribution in [0.1, 0.15) is 43.7 Å². The number of thiophene rings is 1. The number of hydrazone groups is 1. The van der Waals surface area contributed by atoms with Gasteiger partial charge in [-0.25, -0.2) is 5.01 Å². The van der Waals surface area contributed by atoms with Crippen LogP contribution in [-0.4, -0.2) is 16.6 Å². The maximum atomic E-state index is 12.8. The number of halogens is 1. The molecule has 1 aromatic heterocycles. The summed E-state index contributed by atoms with van der Waals surface area (Å²) in [6.45, 7) is 5.82. The van der Waals surface area contributed by atoms with Crippen LogP contribution < -0.4 is 0 Å². The number of carbonyl (C=O) groups excluding carboxylic acids is 1. The van der Waals surface area contributed by atoms with Crippen LogP contribution in [0.15, 0.2) is 51.4 Å². The van der Waals surface area contributed by atoms with Gasteiger partial charge in [0, 0.05) is 21.2 Å². The molecular weight excluding hydrogens is 372 g/mol. The summed E-state index contributed by atoms with van der Waals surface area (Å²) >= 11 is 5.13. The second-order valence-electron chi connectivity index (χ2n) is 6.69. The summed E-state index contributed by atoms with van der Waals surface area (Å²) in [6, 6.07) is 12.2. The quantitative estimate of drug-likeness (QED) is 0.690. The highest BCUT2D eigenvalue weighted by Crippen LogP contribution is 2.37. The van der Waals surface area contributed by atoms with E-state index in [1.807, 2.05) is 56.5 Å².